The van der Waals surface area contributed by atoms with Crippen molar-refractivity contribution < 1.29 is 0 Å². The molecule has 1 saturated heterocycles. The molecule has 2 heterocycles. The monoisotopic (exact) mass is 296 g/mol. The molecule has 1 aliphatic heterocycles. The average molecular weight is 296 g/mol. The van der Waals surface area contributed by atoms with Crippen molar-refractivity contribution in [3.05, 3.63) is 59.7 Å². The van der Waals surface area contributed by atoms with Crippen molar-refractivity contribution in [2.75, 3.05) is 32.7 Å². The number of aromatic amines is 1. The molecule has 0 aliphatic carbocycles. The molecule has 0 radical (unpaired) electrons. The molecule has 4 nitrogen and oxygen atoms in total. The Morgan fingerprint density at radius 1 is 1.09 bits per heavy atom. The van der Waals surface area contributed by atoms with Crippen LogP contribution in [0.25, 0.3) is 6.08 Å². The highest BCUT2D eigenvalue weighted by Gasteiger charge is 2.17. The number of rotatable bonds is 5. The summed E-state index contributed by atoms with van der Waals surface area (Å²) in [6.07, 6.45) is 6.26. The van der Waals surface area contributed by atoms with Gasteiger partial charge < -0.3 is 4.98 Å². The van der Waals surface area contributed by atoms with Gasteiger partial charge in [-0.2, -0.15) is 0 Å². The SMILES string of the molecule is Cc1[nH]cnc1CN1CCN(CC=Cc2ccccc2)CC1. The molecule has 1 N–H and O–H groups in total. The summed E-state index contributed by atoms with van der Waals surface area (Å²) in [6, 6.07) is 10.5. The van der Waals surface area contributed by atoms with Crippen LogP contribution in [-0.4, -0.2) is 52.5 Å². The Labute approximate surface area is 132 Å². The fourth-order valence-corrected chi connectivity index (χ4v) is 2.79. The molecule has 0 saturated carbocycles. The number of piperazine rings is 1. The zero-order valence-corrected chi connectivity index (χ0v) is 13.2. The van der Waals surface area contributed by atoms with Crippen LogP contribution in [0.5, 0.6) is 0 Å². The van der Waals surface area contributed by atoms with Crippen molar-refractivity contribution in [1.82, 2.24) is 19.8 Å². The zero-order valence-electron chi connectivity index (χ0n) is 13.2. The molecule has 4 heteroatoms. The first-order valence-electron chi connectivity index (χ1n) is 7.96. The van der Waals surface area contributed by atoms with Crippen molar-refractivity contribution in [3.63, 3.8) is 0 Å². The Hall–Kier alpha value is -1.91. The van der Waals surface area contributed by atoms with Gasteiger partial charge in [0.1, 0.15) is 0 Å². The van der Waals surface area contributed by atoms with E-state index in [1.54, 1.807) is 6.33 Å². The van der Waals surface area contributed by atoms with E-state index in [2.05, 4.69) is 69.2 Å². The Bertz CT molecular complexity index is 595. The van der Waals surface area contributed by atoms with E-state index in [1.807, 2.05) is 0 Å². The minimum absolute atomic E-state index is 0.961. The summed E-state index contributed by atoms with van der Waals surface area (Å²) in [5, 5.41) is 0. The van der Waals surface area contributed by atoms with Crippen LogP contribution in [0.3, 0.4) is 0 Å². The number of imidazole rings is 1. The number of aryl methyl sites for hydroxylation is 1. The highest BCUT2D eigenvalue weighted by molar-refractivity contribution is 5.48. The van der Waals surface area contributed by atoms with Crippen LogP contribution in [0.4, 0.5) is 0 Å². The topological polar surface area (TPSA) is 35.2 Å². The molecular formula is C18H24N4. The Morgan fingerprint density at radius 3 is 2.50 bits per heavy atom. The number of hydrogen-bond donors (Lipinski definition) is 1. The van der Waals surface area contributed by atoms with Gasteiger partial charge in [0.25, 0.3) is 0 Å². The van der Waals surface area contributed by atoms with E-state index in [-0.39, 0.29) is 0 Å². The molecule has 3 rings (SSSR count). The molecule has 0 spiro atoms. The van der Waals surface area contributed by atoms with Gasteiger partial charge in [0.2, 0.25) is 0 Å². The molecule has 116 valence electrons. The number of hydrogen-bond acceptors (Lipinski definition) is 3. The molecule has 22 heavy (non-hydrogen) atoms. The van der Waals surface area contributed by atoms with Crippen LogP contribution in [0.2, 0.25) is 0 Å². The average Bonchev–Trinajstić information content (AvgIpc) is 2.95. The van der Waals surface area contributed by atoms with Crippen LogP contribution >= 0.6 is 0 Å². The summed E-state index contributed by atoms with van der Waals surface area (Å²) in [5.74, 6) is 0. The third kappa shape index (κ3) is 4.06. The van der Waals surface area contributed by atoms with E-state index in [0.29, 0.717) is 0 Å². The molecule has 1 aromatic heterocycles. The van der Waals surface area contributed by atoms with E-state index in [0.717, 1.165) is 39.3 Å². The largest absolute Gasteiger partial charge is 0.348 e. The number of H-pyrrole nitrogens is 1. The van der Waals surface area contributed by atoms with Crippen LogP contribution in [0.15, 0.2) is 42.7 Å². The molecular weight excluding hydrogens is 272 g/mol. The lowest BCUT2D eigenvalue weighted by atomic mass is 10.2. The second-order valence-electron chi connectivity index (χ2n) is 5.86. The van der Waals surface area contributed by atoms with Gasteiger partial charge in [-0.15, -0.1) is 0 Å². The quantitative estimate of drug-likeness (QED) is 0.921. The second kappa shape index (κ2) is 7.38. The number of nitrogens with zero attached hydrogens (tertiary/aromatic N) is 3. The fraction of sp³-hybridized carbons (Fsp3) is 0.389. The molecule has 0 unspecified atom stereocenters. The maximum absolute atomic E-state index is 4.39. The Balaban J connectivity index is 1.42. The van der Waals surface area contributed by atoms with Crippen molar-refractivity contribution >= 4 is 6.08 Å². The van der Waals surface area contributed by atoms with E-state index in [4.69, 9.17) is 0 Å². The summed E-state index contributed by atoms with van der Waals surface area (Å²) >= 11 is 0. The maximum Gasteiger partial charge on any atom is 0.0925 e. The third-order valence-electron chi connectivity index (χ3n) is 4.25. The van der Waals surface area contributed by atoms with Crippen LogP contribution in [0, 0.1) is 6.92 Å². The van der Waals surface area contributed by atoms with E-state index in [9.17, 15) is 0 Å². The van der Waals surface area contributed by atoms with Crippen LogP contribution in [0.1, 0.15) is 17.0 Å². The lowest BCUT2D eigenvalue weighted by Crippen LogP contribution is -2.45. The summed E-state index contributed by atoms with van der Waals surface area (Å²) in [4.78, 5) is 12.5. The fourth-order valence-electron chi connectivity index (χ4n) is 2.79. The molecule has 0 bridgehead atoms. The van der Waals surface area contributed by atoms with Gasteiger partial charge >= 0.3 is 0 Å². The highest BCUT2D eigenvalue weighted by atomic mass is 15.3. The number of nitrogens with one attached hydrogen (secondary N) is 1. The van der Waals surface area contributed by atoms with Crippen LogP contribution in [-0.2, 0) is 6.54 Å². The molecule has 2 aromatic rings. The normalized spacial score (nSPS) is 17.3. The van der Waals surface area contributed by atoms with E-state index >= 15 is 0 Å². The predicted molar refractivity (Wildman–Crippen MR) is 90.5 cm³/mol. The maximum atomic E-state index is 4.39. The van der Waals surface area contributed by atoms with Crippen molar-refractivity contribution in [3.8, 4) is 0 Å². The van der Waals surface area contributed by atoms with Crippen molar-refractivity contribution in [2.24, 2.45) is 0 Å². The first kappa shape index (κ1) is 15.0. The summed E-state index contributed by atoms with van der Waals surface area (Å²) in [5.41, 5.74) is 3.64. The standard InChI is InChI=1S/C18H24N4/c1-16-18(20-15-19-16)14-22-12-10-21(11-13-22)9-5-8-17-6-3-2-4-7-17/h2-8,15H,9-14H2,1H3,(H,19,20). The van der Waals surface area contributed by atoms with Gasteiger partial charge in [0.15, 0.2) is 0 Å². The Kier molecular flexibility index (Phi) is 5.03. The summed E-state index contributed by atoms with van der Waals surface area (Å²) in [7, 11) is 0. The first-order chi connectivity index (χ1) is 10.8. The van der Waals surface area contributed by atoms with Crippen molar-refractivity contribution in [1.29, 1.82) is 0 Å². The minimum atomic E-state index is 0.961. The molecule has 1 aliphatic rings. The van der Waals surface area contributed by atoms with Gasteiger partial charge in [-0.1, -0.05) is 42.5 Å². The Morgan fingerprint density at radius 2 is 1.82 bits per heavy atom. The molecule has 0 atom stereocenters. The number of benzene rings is 1. The van der Waals surface area contributed by atoms with Crippen molar-refractivity contribution in [2.45, 2.75) is 13.5 Å². The molecule has 1 aromatic carbocycles. The van der Waals surface area contributed by atoms with Gasteiger partial charge in [-0.05, 0) is 12.5 Å². The van der Waals surface area contributed by atoms with E-state index < -0.39 is 0 Å². The minimum Gasteiger partial charge on any atom is -0.348 e. The lowest BCUT2D eigenvalue weighted by Gasteiger charge is -2.33. The third-order valence-corrected chi connectivity index (χ3v) is 4.25. The molecule has 0 amide bonds. The molecule has 1 fully saturated rings. The number of aromatic nitrogens is 2. The smallest absolute Gasteiger partial charge is 0.0925 e. The van der Waals surface area contributed by atoms with E-state index in [1.165, 1.54) is 17.0 Å². The first-order valence-corrected chi connectivity index (χ1v) is 7.96. The summed E-state index contributed by atoms with van der Waals surface area (Å²) < 4.78 is 0. The zero-order chi connectivity index (χ0) is 15.2. The van der Waals surface area contributed by atoms with Gasteiger partial charge in [0, 0.05) is 45.0 Å². The van der Waals surface area contributed by atoms with Crippen LogP contribution < -0.4 is 0 Å². The summed E-state index contributed by atoms with van der Waals surface area (Å²) in [6.45, 7) is 8.57. The predicted octanol–water partition coefficient (Wildman–Crippen LogP) is 2.55. The second-order valence-corrected chi connectivity index (χ2v) is 5.86. The highest BCUT2D eigenvalue weighted by Crippen LogP contribution is 2.09. The lowest BCUT2D eigenvalue weighted by molar-refractivity contribution is 0.136. The van der Waals surface area contributed by atoms with Gasteiger partial charge in [-0.3, -0.25) is 9.80 Å². The van der Waals surface area contributed by atoms with Gasteiger partial charge in [-0.25, -0.2) is 4.98 Å². The van der Waals surface area contributed by atoms with Gasteiger partial charge in [0.05, 0.1) is 12.0 Å².